The van der Waals surface area contributed by atoms with E-state index in [2.05, 4.69) is 49.3 Å². The third kappa shape index (κ3) is 3.20. The monoisotopic (exact) mass is 268 g/mol. The second-order valence-electron chi connectivity index (χ2n) is 4.10. The van der Waals surface area contributed by atoms with E-state index in [-0.39, 0.29) is 12.4 Å². The van der Waals surface area contributed by atoms with Crippen molar-refractivity contribution in [3.63, 3.8) is 0 Å². The maximum Gasteiger partial charge on any atom is 0.187 e. The molecule has 0 aliphatic heterocycles. The normalized spacial score (nSPS) is 9.88. The molecule has 0 spiro atoms. The molecule has 2 rings (SSSR count). The Kier molecular flexibility index (Phi) is 4.54. The zero-order chi connectivity index (χ0) is 11.7. The molecule has 1 N–H and O–H groups in total. The lowest BCUT2D eigenvalue weighted by molar-refractivity contribution is 1.22. The molecule has 0 saturated heterocycles. The van der Waals surface area contributed by atoms with Crippen LogP contribution in [0.2, 0.25) is 0 Å². The van der Waals surface area contributed by atoms with Gasteiger partial charge in [-0.15, -0.1) is 23.7 Å². The number of nitrogens with zero attached hydrogens (tertiary/aromatic N) is 1. The summed E-state index contributed by atoms with van der Waals surface area (Å²) in [5.74, 6) is 0. The molecule has 1 heterocycles. The number of benzene rings is 1. The van der Waals surface area contributed by atoms with Crippen LogP contribution in [0.3, 0.4) is 0 Å². The summed E-state index contributed by atoms with van der Waals surface area (Å²) in [5.41, 5.74) is 4.76. The van der Waals surface area contributed by atoms with Crippen molar-refractivity contribution >= 4 is 34.6 Å². The smallest absolute Gasteiger partial charge is 0.187 e. The van der Waals surface area contributed by atoms with Gasteiger partial charge in [0.05, 0.1) is 5.69 Å². The van der Waals surface area contributed by atoms with E-state index in [1.54, 1.807) is 11.3 Å². The molecule has 1 aromatic carbocycles. The number of aryl methyl sites for hydroxylation is 4. The molecule has 0 saturated carbocycles. The zero-order valence-corrected chi connectivity index (χ0v) is 12.1. The lowest BCUT2D eigenvalue weighted by Gasteiger charge is -2.07. The summed E-state index contributed by atoms with van der Waals surface area (Å²) in [6, 6.07) is 6.41. The fraction of sp³-hybridized carbons (Fsp3) is 0.308. The number of nitrogens with one attached hydrogen (secondary N) is 1. The molecule has 0 aliphatic rings. The number of halogens is 1. The summed E-state index contributed by atoms with van der Waals surface area (Å²) in [4.78, 5) is 5.75. The van der Waals surface area contributed by atoms with Crippen LogP contribution in [0.4, 0.5) is 10.8 Å². The van der Waals surface area contributed by atoms with Crippen LogP contribution < -0.4 is 5.32 Å². The molecular weight excluding hydrogens is 252 g/mol. The Morgan fingerprint density at radius 2 is 1.82 bits per heavy atom. The van der Waals surface area contributed by atoms with Gasteiger partial charge in [-0.1, -0.05) is 12.1 Å². The second kappa shape index (κ2) is 5.52. The Morgan fingerprint density at radius 1 is 1.12 bits per heavy atom. The van der Waals surface area contributed by atoms with Crippen molar-refractivity contribution in [1.29, 1.82) is 0 Å². The van der Waals surface area contributed by atoms with Crippen LogP contribution in [0.15, 0.2) is 18.2 Å². The van der Waals surface area contributed by atoms with Gasteiger partial charge in [0.25, 0.3) is 0 Å². The van der Waals surface area contributed by atoms with E-state index in [1.165, 1.54) is 16.0 Å². The first-order valence-electron chi connectivity index (χ1n) is 5.34. The van der Waals surface area contributed by atoms with Crippen molar-refractivity contribution in [1.82, 2.24) is 4.98 Å². The van der Waals surface area contributed by atoms with Gasteiger partial charge in [0, 0.05) is 10.6 Å². The highest BCUT2D eigenvalue weighted by Crippen LogP contribution is 2.26. The Bertz CT molecular complexity index is 501. The third-order valence-electron chi connectivity index (χ3n) is 2.66. The Hall–Kier alpha value is -1.06. The van der Waals surface area contributed by atoms with Crippen LogP contribution in [0.25, 0.3) is 0 Å². The first-order valence-corrected chi connectivity index (χ1v) is 6.16. The van der Waals surface area contributed by atoms with Gasteiger partial charge < -0.3 is 5.32 Å². The van der Waals surface area contributed by atoms with Gasteiger partial charge in [0.15, 0.2) is 5.13 Å². The van der Waals surface area contributed by atoms with Crippen LogP contribution in [0.5, 0.6) is 0 Å². The van der Waals surface area contributed by atoms with Gasteiger partial charge in [-0.05, 0) is 44.9 Å². The van der Waals surface area contributed by atoms with Crippen LogP contribution in [0, 0.1) is 27.7 Å². The fourth-order valence-corrected chi connectivity index (χ4v) is 2.34. The summed E-state index contributed by atoms with van der Waals surface area (Å²) < 4.78 is 0. The minimum atomic E-state index is 0. The lowest BCUT2D eigenvalue weighted by Crippen LogP contribution is -1.93. The molecular formula is C13H17ClN2S. The summed E-state index contributed by atoms with van der Waals surface area (Å²) in [5, 5.41) is 4.36. The molecule has 0 unspecified atom stereocenters. The van der Waals surface area contributed by atoms with Crippen molar-refractivity contribution in [2.45, 2.75) is 27.7 Å². The molecule has 0 atom stereocenters. The molecule has 4 heteroatoms. The number of anilines is 2. The SMILES string of the molecule is Cc1ccc(C)c(Nc2nc(C)c(C)s2)c1.Cl. The summed E-state index contributed by atoms with van der Waals surface area (Å²) in [7, 11) is 0. The van der Waals surface area contributed by atoms with Gasteiger partial charge in [-0.3, -0.25) is 0 Å². The first-order chi connectivity index (χ1) is 7.56. The molecule has 0 fully saturated rings. The van der Waals surface area contributed by atoms with Gasteiger partial charge >= 0.3 is 0 Å². The molecule has 0 radical (unpaired) electrons. The Morgan fingerprint density at radius 3 is 2.41 bits per heavy atom. The van der Waals surface area contributed by atoms with Crippen molar-refractivity contribution < 1.29 is 0 Å². The molecule has 1 aromatic heterocycles. The largest absolute Gasteiger partial charge is 0.331 e. The Balaban J connectivity index is 0.00000144. The molecule has 0 amide bonds. The van der Waals surface area contributed by atoms with Crippen LogP contribution in [-0.2, 0) is 0 Å². The van der Waals surface area contributed by atoms with Gasteiger partial charge in [-0.2, -0.15) is 0 Å². The maximum atomic E-state index is 4.48. The van der Waals surface area contributed by atoms with Crippen LogP contribution >= 0.6 is 23.7 Å². The van der Waals surface area contributed by atoms with Crippen molar-refractivity contribution in [2.24, 2.45) is 0 Å². The molecule has 92 valence electrons. The average Bonchev–Trinajstić information content (AvgIpc) is 2.52. The second-order valence-corrected chi connectivity index (χ2v) is 5.31. The van der Waals surface area contributed by atoms with E-state index in [0.29, 0.717) is 0 Å². The van der Waals surface area contributed by atoms with Gasteiger partial charge in [0.1, 0.15) is 0 Å². The van der Waals surface area contributed by atoms with E-state index in [4.69, 9.17) is 0 Å². The highest BCUT2D eigenvalue weighted by molar-refractivity contribution is 7.15. The third-order valence-corrected chi connectivity index (χ3v) is 3.65. The zero-order valence-electron chi connectivity index (χ0n) is 10.5. The van der Waals surface area contributed by atoms with Crippen molar-refractivity contribution in [2.75, 3.05) is 5.32 Å². The summed E-state index contributed by atoms with van der Waals surface area (Å²) in [6.07, 6.45) is 0. The van der Waals surface area contributed by atoms with Crippen molar-refractivity contribution in [3.05, 3.63) is 39.9 Å². The number of hydrogen-bond acceptors (Lipinski definition) is 3. The quantitative estimate of drug-likeness (QED) is 0.865. The van der Waals surface area contributed by atoms with Crippen molar-refractivity contribution in [3.8, 4) is 0 Å². The fourth-order valence-electron chi connectivity index (χ4n) is 1.51. The minimum Gasteiger partial charge on any atom is -0.331 e. The number of thiazole rings is 1. The highest BCUT2D eigenvalue weighted by atomic mass is 35.5. The molecule has 17 heavy (non-hydrogen) atoms. The predicted octanol–water partition coefficient (Wildman–Crippen LogP) is 4.54. The number of rotatable bonds is 2. The Labute approximate surface area is 113 Å². The standard InChI is InChI=1S/C13H16N2S.ClH/c1-8-5-6-9(2)12(7-8)15-13-14-10(3)11(4)16-13;/h5-7H,1-4H3,(H,14,15);1H. The molecule has 0 bridgehead atoms. The van der Waals surface area contributed by atoms with Crippen LogP contribution in [0.1, 0.15) is 21.7 Å². The number of hydrogen-bond donors (Lipinski definition) is 1. The maximum absolute atomic E-state index is 4.48. The summed E-state index contributed by atoms with van der Waals surface area (Å²) >= 11 is 1.70. The van der Waals surface area contributed by atoms with E-state index >= 15 is 0 Å². The molecule has 2 nitrogen and oxygen atoms in total. The molecule has 2 aromatic rings. The highest BCUT2D eigenvalue weighted by Gasteiger charge is 2.05. The van der Waals surface area contributed by atoms with Gasteiger partial charge in [-0.25, -0.2) is 4.98 Å². The van der Waals surface area contributed by atoms with Crippen LogP contribution in [-0.4, -0.2) is 4.98 Å². The first kappa shape index (κ1) is 14.0. The average molecular weight is 269 g/mol. The van der Waals surface area contributed by atoms with E-state index in [0.717, 1.165) is 16.5 Å². The minimum absolute atomic E-state index is 0. The summed E-state index contributed by atoms with van der Waals surface area (Å²) in [6.45, 7) is 8.35. The number of aromatic nitrogens is 1. The van der Waals surface area contributed by atoms with E-state index in [1.807, 2.05) is 6.92 Å². The predicted molar refractivity (Wildman–Crippen MR) is 78.0 cm³/mol. The van der Waals surface area contributed by atoms with Gasteiger partial charge in [0.2, 0.25) is 0 Å². The lowest BCUT2D eigenvalue weighted by atomic mass is 10.1. The molecule has 0 aliphatic carbocycles. The topological polar surface area (TPSA) is 24.9 Å². The van der Waals surface area contributed by atoms with E-state index in [9.17, 15) is 0 Å². The van der Waals surface area contributed by atoms with E-state index < -0.39 is 0 Å².